The molecule has 1 amide bonds. The van der Waals surface area contributed by atoms with Crippen molar-refractivity contribution in [3.8, 4) is 11.5 Å². The Morgan fingerprint density at radius 2 is 1.97 bits per heavy atom. The van der Waals surface area contributed by atoms with E-state index in [1.54, 1.807) is 25.3 Å². The van der Waals surface area contributed by atoms with Gasteiger partial charge in [-0.3, -0.25) is 15.0 Å². The van der Waals surface area contributed by atoms with Crippen LogP contribution in [0.25, 0.3) is 0 Å². The highest BCUT2D eigenvalue weighted by atomic mass is 32.1. The maximum absolute atomic E-state index is 12.7. The predicted molar refractivity (Wildman–Crippen MR) is 114 cm³/mol. The van der Waals surface area contributed by atoms with Gasteiger partial charge in [-0.15, -0.1) is 11.3 Å². The SMILES string of the molecule is COc1cccc(C(=O)Nc2nc(CN3CCc4ccccc4C3)cs2)c1OC. The van der Waals surface area contributed by atoms with Gasteiger partial charge in [0.25, 0.3) is 5.91 Å². The third-order valence-electron chi connectivity index (χ3n) is 5.02. The molecule has 1 aliphatic rings. The zero-order chi connectivity index (χ0) is 20.2. The van der Waals surface area contributed by atoms with Gasteiger partial charge in [0.2, 0.25) is 0 Å². The number of carbonyl (C=O) groups excluding carboxylic acids is 1. The third-order valence-corrected chi connectivity index (χ3v) is 5.82. The molecule has 0 fully saturated rings. The van der Waals surface area contributed by atoms with Crippen molar-refractivity contribution in [3.05, 3.63) is 70.2 Å². The van der Waals surface area contributed by atoms with Gasteiger partial charge in [-0.1, -0.05) is 30.3 Å². The summed E-state index contributed by atoms with van der Waals surface area (Å²) >= 11 is 1.43. The van der Waals surface area contributed by atoms with Gasteiger partial charge in [-0.2, -0.15) is 0 Å². The number of benzene rings is 2. The van der Waals surface area contributed by atoms with Crippen molar-refractivity contribution in [1.29, 1.82) is 0 Å². The third kappa shape index (κ3) is 4.26. The molecular formula is C22H23N3O3S. The van der Waals surface area contributed by atoms with E-state index in [-0.39, 0.29) is 5.91 Å². The molecule has 0 atom stereocenters. The first-order chi connectivity index (χ1) is 14.2. The van der Waals surface area contributed by atoms with E-state index in [1.165, 1.54) is 29.6 Å². The standard InChI is InChI=1S/C22H23N3O3S/c1-27-19-9-5-8-18(20(19)28-2)21(26)24-22-23-17(14-29-22)13-25-11-10-15-6-3-4-7-16(15)12-25/h3-9,14H,10-13H2,1-2H3,(H,23,24,26). The normalized spacial score (nSPS) is 13.6. The molecule has 4 rings (SSSR count). The molecule has 0 saturated carbocycles. The fraction of sp³-hybridized carbons (Fsp3) is 0.273. The van der Waals surface area contributed by atoms with Crippen LogP contribution in [0.5, 0.6) is 11.5 Å². The second kappa shape index (κ2) is 8.63. The number of hydrogen-bond donors (Lipinski definition) is 1. The van der Waals surface area contributed by atoms with Gasteiger partial charge in [0, 0.05) is 25.0 Å². The number of nitrogens with one attached hydrogen (secondary N) is 1. The first-order valence-corrected chi connectivity index (χ1v) is 10.3. The van der Waals surface area contributed by atoms with Crippen LogP contribution in [0, 0.1) is 0 Å². The average molecular weight is 410 g/mol. The highest BCUT2D eigenvalue weighted by Gasteiger charge is 2.19. The van der Waals surface area contributed by atoms with E-state index >= 15 is 0 Å². The van der Waals surface area contributed by atoms with Crippen molar-refractivity contribution in [1.82, 2.24) is 9.88 Å². The second-order valence-electron chi connectivity index (χ2n) is 6.87. The molecule has 3 aromatic rings. The molecule has 0 unspecified atom stereocenters. The number of para-hydroxylation sites is 1. The highest BCUT2D eigenvalue weighted by molar-refractivity contribution is 7.14. The fourth-order valence-electron chi connectivity index (χ4n) is 3.59. The van der Waals surface area contributed by atoms with Crippen molar-refractivity contribution in [2.75, 3.05) is 26.1 Å². The van der Waals surface area contributed by atoms with Gasteiger partial charge < -0.3 is 9.47 Å². The molecule has 29 heavy (non-hydrogen) atoms. The molecule has 2 aromatic carbocycles. The Morgan fingerprint density at radius 3 is 2.76 bits per heavy atom. The zero-order valence-corrected chi connectivity index (χ0v) is 17.3. The molecule has 1 aromatic heterocycles. The van der Waals surface area contributed by atoms with E-state index < -0.39 is 0 Å². The lowest BCUT2D eigenvalue weighted by Crippen LogP contribution is -2.30. The molecule has 6 nitrogen and oxygen atoms in total. The summed E-state index contributed by atoms with van der Waals surface area (Å²) < 4.78 is 10.6. The van der Waals surface area contributed by atoms with Crippen LogP contribution in [0.4, 0.5) is 5.13 Å². The summed E-state index contributed by atoms with van der Waals surface area (Å²) in [6, 6.07) is 13.8. The number of aromatic nitrogens is 1. The van der Waals surface area contributed by atoms with Gasteiger partial charge in [-0.25, -0.2) is 4.98 Å². The lowest BCUT2D eigenvalue weighted by Gasteiger charge is -2.27. The topological polar surface area (TPSA) is 63.7 Å². The Bertz CT molecular complexity index is 1020. The maximum atomic E-state index is 12.7. The Hall–Kier alpha value is -2.90. The number of ether oxygens (including phenoxy) is 2. The summed E-state index contributed by atoms with van der Waals surface area (Å²) in [4.78, 5) is 19.7. The van der Waals surface area contributed by atoms with Crippen molar-refractivity contribution in [2.24, 2.45) is 0 Å². The summed E-state index contributed by atoms with van der Waals surface area (Å²) in [5.41, 5.74) is 4.19. The number of anilines is 1. The minimum atomic E-state index is -0.270. The molecule has 2 heterocycles. The van der Waals surface area contributed by atoms with Gasteiger partial charge in [0.1, 0.15) is 0 Å². The van der Waals surface area contributed by atoms with Crippen LogP contribution in [-0.4, -0.2) is 36.6 Å². The summed E-state index contributed by atoms with van der Waals surface area (Å²) in [5, 5.41) is 5.45. The first kappa shape index (κ1) is 19.4. The zero-order valence-electron chi connectivity index (χ0n) is 16.5. The first-order valence-electron chi connectivity index (χ1n) is 9.44. The van der Waals surface area contributed by atoms with E-state index in [0.717, 1.165) is 31.7 Å². The van der Waals surface area contributed by atoms with Crippen molar-refractivity contribution in [3.63, 3.8) is 0 Å². The van der Waals surface area contributed by atoms with Gasteiger partial charge in [0.05, 0.1) is 25.5 Å². The van der Waals surface area contributed by atoms with E-state index in [0.29, 0.717) is 22.2 Å². The molecule has 7 heteroatoms. The van der Waals surface area contributed by atoms with Crippen LogP contribution in [0.2, 0.25) is 0 Å². The minimum absolute atomic E-state index is 0.270. The van der Waals surface area contributed by atoms with Crippen molar-refractivity contribution >= 4 is 22.4 Å². The summed E-state index contributed by atoms with van der Waals surface area (Å²) in [6.07, 6.45) is 1.06. The lowest BCUT2D eigenvalue weighted by atomic mass is 10.00. The largest absolute Gasteiger partial charge is 0.493 e. The maximum Gasteiger partial charge on any atom is 0.261 e. The van der Waals surface area contributed by atoms with Crippen LogP contribution in [0.1, 0.15) is 27.2 Å². The fourth-order valence-corrected chi connectivity index (χ4v) is 4.28. The Labute approximate surface area is 174 Å². The monoisotopic (exact) mass is 409 g/mol. The molecule has 0 radical (unpaired) electrons. The van der Waals surface area contributed by atoms with Crippen molar-refractivity contribution in [2.45, 2.75) is 19.5 Å². The molecule has 1 aliphatic heterocycles. The molecular weight excluding hydrogens is 386 g/mol. The quantitative estimate of drug-likeness (QED) is 0.667. The smallest absolute Gasteiger partial charge is 0.261 e. The second-order valence-corrected chi connectivity index (χ2v) is 7.73. The summed E-state index contributed by atoms with van der Waals surface area (Å²) in [5.74, 6) is 0.662. The van der Waals surface area contributed by atoms with E-state index in [2.05, 4.69) is 39.5 Å². The molecule has 150 valence electrons. The Kier molecular flexibility index (Phi) is 5.78. The minimum Gasteiger partial charge on any atom is -0.493 e. The number of rotatable bonds is 6. The molecule has 0 saturated heterocycles. The number of methoxy groups -OCH3 is 2. The van der Waals surface area contributed by atoms with Crippen molar-refractivity contribution < 1.29 is 14.3 Å². The van der Waals surface area contributed by atoms with E-state index in [4.69, 9.17) is 9.47 Å². The number of nitrogens with zero attached hydrogens (tertiary/aromatic N) is 2. The molecule has 0 spiro atoms. The van der Waals surface area contributed by atoms with Crippen LogP contribution < -0.4 is 14.8 Å². The lowest BCUT2D eigenvalue weighted by molar-refractivity contribution is 0.102. The van der Waals surface area contributed by atoms with Gasteiger partial charge in [-0.05, 0) is 29.7 Å². The van der Waals surface area contributed by atoms with Gasteiger partial charge >= 0.3 is 0 Å². The number of fused-ring (bicyclic) bond motifs is 1. The summed E-state index contributed by atoms with van der Waals surface area (Å²) in [6.45, 7) is 2.71. The molecule has 1 N–H and O–H groups in total. The summed E-state index contributed by atoms with van der Waals surface area (Å²) in [7, 11) is 3.07. The Balaban J connectivity index is 1.42. The van der Waals surface area contributed by atoms with Crippen LogP contribution in [0.15, 0.2) is 47.8 Å². The van der Waals surface area contributed by atoms with Gasteiger partial charge in [0.15, 0.2) is 16.6 Å². The van der Waals surface area contributed by atoms with E-state index in [1.807, 2.05) is 5.38 Å². The number of thiazole rings is 1. The number of carbonyl (C=O) groups is 1. The van der Waals surface area contributed by atoms with Crippen LogP contribution in [-0.2, 0) is 19.5 Å². The molecule has 0 bridgehead atoms. The number of amides is 1. The van der Waals surface area contributed by atoms with Crippen LogP contribution in [0.3, 0.4) is 0 Å². The number of hydrogen-bond acceptors (Lipinski definition) is 6. The Morgan fingerprint density at radius 1 is 1.14 bits per heavy atom. The van der Waals surface area contributed by atoms with E-state index in [9.17, 15) is 4.79 Å². The highest BCUT2D eigenvalue weighted by Crippen LogP contribution is 2.31. The molecule has 0 aliphatic carbocycles. The van der Waals surface area contributed by atoms with Crippen LogP contribution >= 0.6 is 11.3 Å². The predicted octanol–water partition coefficient (Wildman–Crippen LogP) is 3.97. The average Bonchev–Trinajstić information content (AvgIpc) is 3.19.